The van der Waals surface area contributed by atoms with E-state index in [4.69, 9.17) is 4.74 Å². The van der Waals surface area contributed by atoms with Crippen LogP contribution in [0.15, 0.2) is 11.4 Å². The number of hydrogen-bond donors (Lipinski definition) is 1. The second-order valence-electron chi connectivity index (χ2n) is 3.48. The highest BCUT2D eigenvalue weighted by Gasteiger charge is 2.27. The first kappa shape index (κ1) is 11.6. The SMILES string of the molecule is COc1csc(C(=O)N2CC(=O)NC(=O)C2)c1. The van der Waals surface area contributed by atoms with Gasteiger partial charge in [0.15, 0.2) is 0 Å². The largest absolute Gasteiger partial charge is 0.496 e. The van der Waals surface area contributed by atoms with E-state index in [1.807, 2.05) is 0 Å². The summed E-state index contributed by atoms with van der Waals surface area (Å²) in [6.45, 7) is -0.185. The van der Waals surface area contributed by atoms with Gasteiger partial charge in [-0.05, 0) is 0 Å². The Morgan fingerprint density at radius 1 is 1.41 bits per heavy atom. The summed E-state index contributed by atoms with van der Waals surface area (Å²) in [6, 6.07) is 1.59. The average molecular weight is 254 g/mol. The van der Waals surface area contributed by atoms with Crippen molar-refractivity contribution < 1.29 is 19.1 Å². The van der Waals surface area contributed by atoms with Crippen LogP contribution >= 0.6 is 11.3 Å². The van der Waals surface area contributed by atoms with Gasteiger partial charge in [-0.1, -0.05) is 0 Å². The lowest BCUT2D eigenvalue weighted by atomic mass is 10.3. The molecule has 1 aromatic rings. The van der Waals surface area contributed by atoms with E-state index in [2.05, 4.69) is 5.32 Å². The minimum Gasteiger partial charge on any atom is -0.496 e. The Balaban J connectivity index is 2.14. The van der Waals surface area contributed by atoms with Crippen LogP contribution in [0.3, 0.4) is 0 Å². The molecule has 1 saturated heterocycles. The van der Waals surface area contributed by atoms with Gasteiger partial charge in [0.25, 0.3) is 5.91 Å². The van der Waals surface area contributed by atoms with Gasteiger partial charge in [-0.2, -0.15) is 0 Å². The van der Waals surface area contributed by atoms with Gasteiger partial charge in [0.1, 0.15) is 18.8 Å². The predicted molar refractivity (Wildman–Crippen MR) is 59.9 cm³/mol. The molecule has 1 aliphatic heterocycles. The van der Waals surface area contributed by atoms with Crippen LogP contribution in [-0.2, 0) is 9.59 Å². The number of hydrogen-bond acceptors (Lipinski definition) is 5. The molecule has 0 saturated carbocycles. The third kappa shape index (κ3) is 2.44. The van der Waals surface area contributed by atoms with E-state index in [1.165, 1.54) is 23.3 Å². The van der Waals surface area contributed by atoms with Crippen LogP contribution in [0.5, 0.6) is 5.75 Å². The summed E-state index contributed by atoms with van der Waals surface area (Å²) in [5, 5.41) is 3.83. The minimum absolute atomic E-state index is 0.0925. The molecule has 2 rings (SSSR count). The van der Waals surface area contributed by atoms with Gasteiger partial charge in [-0.25, -0.2) is 0 Å². The summed E-state index contributed by atoms with van der Waals surface area (Å²) in [4.78, 5) is 35.9. The van der Waals surface area contributed by atoms with Crippen molar-refractivity contribution in [3.63, 3.8) is 0 Å². The van der Waals surface area contributed by atoms with Crippen molar-refractivity contribution in [3.05, 3.63) is 16.3 Å². The minimum atomic E-state index is -0.460. The van der Waals surface area contributed by atoms with Gasteiger partial charge < -0.3 is 9.64 Å². The molecule has 0 aliphatic carbocycles. The van der Waals surface area contributed by atoms with Crippen molar-refractivity contribution >= 4 is 29.1 Å². The van der Waals surface area contributed by atoms with Gasteiger partial charge in [-0.3, -0.25) is 19.7 Å². The number of piperazine rings is 1. The molecule has 0 radical (unpaired) electrons. The number of imide groups is 1. The molecule has 1 fully saturated rings. The van der Waals surface area contributed by atoms with Crippen LogP contribution in [0, 0.1) is 0 Å². The molecule has 3 amide bonds. The van der Waals surface area contributed by atoms with Crippen LogP contribution in [0.2, 0.25) is 0 Å². The molecule has 1 aliphatic rings. The summed E-state index contributed by atoms with van der Waals surface area (Å²) in [5.41, 5.74) is 0. The topological polar surface area (TPSA) is 75.7 Å². The molecule has 0 aromatic carbocycles. The lowest BCUT2D eigenvalue weighted by Gasteiger charge is -2.24. The monoisotopic (exact) mass is 254 g/mol. The quantitative estimate of drug-likeness (QED) is 0.745. The summed E-state index contributed by atoms with van der Waals surface area (Å²) < 4.78 is 4.97. The van der Waals surface area contributed by atoms with Crippen molar-refractivity contribution in [3.8, 4) is 5.75 Å². The number of amides is 3. The number of methoxy groups -OCH3 is 1. The van der Waals surface area contributed by atoms with Crippen LogP contribution in [0.1, 0.15) is 9.67 Å². The molecule has 6 nitrogen and oxygen atoms in total. The summed E-state index contributed by atoms with van der Waals surface area (Å²) in [7, 11) is 1.51. The summed E-state index contributed by atoms with van der Waals surface area (Å²) in [6.07, 6.45) is 0. The van der Waals surface area contributed by atoms with Crippen molar-refractivity contribution in [2.45, 2.75) is 0 Å². The molecule has 7 heteroatoms. The lowest BCUT2D eigenvalue weighted by molar-refractivity contribution is -0.135. The van der Waals surface area contributed by atoms with E-state index in [-0.39, 0.29) is 19.0 Å². The molecule has 17 heavy (non-hydrogen) atoms. The van der Waals surface area contributed by atoms with E-state index in [0.29, 0.717) is 10.6 Å². The highest BCUT2D eigenvalue weighted by molar-refractivity contribution is 7.12. The smallest absolute Gasteiger partial charge is 0.264 e. The predicted octanol–water partition coefficient (Wildman–Crippen LogP) is -0.145. The van der Waals surface area contributed by atoms with Gasteiger partial charge in [0.2, 0.25) is 11.8 Å². The zero-order chi connectivity index (χ0) is 12.4. The fraction of sp³-hybridized carbons (Fsp3) is 0.300. The second-order valence-corrected chi connectivity index (χ2v) is 4.39. The molecule has 0 atom stereocenters. The Kier molecular flexibility index (Phi) is 3.10. The van der Waals surface area contributed by atoms with E-state index in [1.54, 1.807) is 11.4 Å². The van der Waals surface area contributed by atoms with E-state index in [9.17, 15) is 14.4 Å². The van der Waals surface area contributed by atoms with Crippen molar-refractivity contribution in [2.75, 3.05) is 20.2 Å². The van der Waals surface area contributed by atoms with Gasteiger partial charge in [0, 0.05) is 11.4 Å². The fourth-order valence-electron chi connectivity index (χ4n) is 1.47. The number of nitrogens with zero attached hydrogens (tertiary/aromatic N) is 1. The van der Waals surface area contributed by atoms with Crippen LogP contribution in [-0.4, -0.2) is 42.8 Å². The summed E-state index contributed by atoms with van der Waals surface area (Å²) in [5.74, 6) is -0.663. The highest BCUT2D eigenvalue weighted by atomic mass is 32.1. The molecule has 1 N–H and O–H groups in total. The molecule has 0 spiro atoms. The maximum absolute atomic E-state index is 12.0. The Morgan fingerprint density at radius 2 is 2.06 bits per heavy atom. The number of nitrogens with one attached hydrogen (secondary N) is 1. The van der Waals surface area contributed by atoms with Gasteiger partial charge in [-0.15, -0.1) is 11.3 Å². The molecule has 0 unspecified atom stereocenters. The van der Waals surface area contributed by atoms with E-state index in [0.717, 1.165) is 0 Å². The second kappa shape index (κ2) is 4.54. The zero-order valence-electron chi connectivity index (χ0n) is 9.06. The average Bonchev–Trinajstić information content (AvgIpc) is 2.75. The highest BCUT2D eigenvalue weighted by Crippen LogP contribution is 2.22. The van der Waals surface area contributed by atoms with Crippen LogP contribution in [0.4, 0.5) is 0 Å². The van der Waals surface area contributed by atoms with E-state index >= 15 is 0 Å². The Hall–Kier alpha value is -1.89. The third-order valence-electron chi connectivity index (χ3n) is 2.26. The van der Waals surface area contributed by atoms with Crippen molar-refractivity contribution in [1.29, 1.82) is 0 Å². The Morgan fingerprint density at radius 3 is 2.59 bits per heavy atom. The number of rotatable bonds is 2. The van der Waals surface area contributed by atoms with Crippen LogP contribution < -0.4 is 10.1 Å². The first-order valence-electron chi connectivity index (χ1n) is 4.84. The maximum atomic E-state index is 12.0. The number of ether oxygens (including phenoxy) is 1. The Labute approximate surface area is 101 Å². The Bertz CT molecular complexity index is 466. The number of thiophene rings is 1. The number of carbonyl (C=O) groups is 3. The molecule has 2 heterocycles. The van der Waals surface area contributed by atoms with Crippen molar-refractivity contribution in [1.82, 2.24) is 10.2 Å². The first-order valence-corrected chi connectivity index (χ1v) is 5.72. The van der Waals surface area contributed by atoms with Crippen LogP contribution in [0.25, 0.3) is 0 Å². The molecule has 90 valence electrons. The normalized spacial score (nSPS) is 15.7. The molecule has 0 bridgehead atoms. The lowest BCUT2D eigenvalue weighted by Crippen LogP contribution is -2.53. The molecule has 1 aromatic heterocycles. The summed E-state index contributed by atoms with van der Waals surface area (Å²) >= 11 is 1.22. The van der Waals surface area contributed by atoms with Crippen molar-refractivity contribution in [2.24, 2.45) is 0 Å². The third-order valence-corrected chi connectivity index (χ3v) is 3.15. The standard InChI is InChI=1S/C10H10N2O4S/c1-16-6-2-7(17-5-6)10(15)12-3-8(13)11-9(14)4-12/h2,5H,3-4H2,1H3,(H,11,13,14). The number of carbonyl (C=O) groups excluding carboxylic acids is 3. The van der Waals surface area contributed by atoms with E-state index < -0.39 is 11.8 Å². The fourth-order valence-corrected chi connectivity index (χ4v) is 2.30. The molecular formula is C10H10N2O4S. The zero-order valence-corrected chi connectivity index (χ0v) is 9.87. The maximum Gasteiger partial charge on any atom is 0.264 e. The molecular weight excluding hydrogens is 244 g/mol. The first-order chi connectivity index (χ1) is 8.10. The van der Waals surface area contributed by atoms with Gasteiger partial charge in [0.05, 0.1) is 12.0 Å². The van der Waals surface area contributed by atoms with Gasteiger partial charge >= 0.3 is 0 Å².